The van der Waals surface area contributed by atoms with Gasteiger partial charge in [0.2, 0.25) is 12.0 Å². The van der Waals surface area contributed by atoms with E-state index in [1.165, 1.54) is 24.3 Å². The zero-order chi connectivity index (χ0) is 17.5. The topological polar surface area (TPSA) is 75.6 Å². The summed E-state index contributed by atoms with van der Waals surface area (Å²) in [5, 5.41) is 11.9. The van der Waals surface area contributed by atoms with E-state index in [2.05, 4.69) is 12.2 Å². The van der Waals surface area contributed by atoms with Crippen molar-refractivity contribution in [3.63, 3.8) is 0 Å². The third-order valence-electron chi connectivity index (χ3n) is 4.62. The van der Waals surface area contributed by atoms with Gasteiger partial charge in [-0.1, -0.05) is 13.3 Å². The van der Waals surface area contributed by atoms with Crippen LogP contribution in [-0.2, 0) is 9.59 Å². The molecular formula is C18H24FNO4. The van der Waals surface area contributed by atoms with Gasteiger partial charge in [0, 0.05) is 5.92 Å². The van der Waals surface area contributed by atoms with Gasteiger partial charge in [0.25, 0.3) is 0 Å². The first kappa shape index (κ1) is 18.2. The van der Waals surface area contributed by atoms with E-state index in [0.717, 1.165) is 32.1 Å². The molecule has 1 aliphatic rings. The van der Waals surface area contributed by atoms with Gasteiger partial charge in [-0.2, -0.15) is 0 Å². The second-order valence-corrected chi connectivity index (χ2v) is 6.27. The molecule has 2 N–H and O–H groups in total. The molecule has 1 amide bonds. The van der Waals surface area contributed by atoms with Gasteiger partial charge < -0.3 is 15.2 Å². The van der Waals surface area contributed by atoms with E-state index in [1.54, 1.807) is 0 Å². The number of halogens is 1. The summed E-state index contributed by atoms with van der Waals surface area (Å²) in [4.78, 5) is 23.5. The smallest absolute Gasteiger partial charge is 0.346 e. The highest BCUT2D eigenvalue weighted by atomic mass is 19.1. The number of benzene rings is 1. The SMILES string of the molecule is CCC1CCC(C(=O)NCC(Oc2ccc(F)cc2)C(=O)O)CC1. The van der Waals surface area contributed by atoms with E-state index in [4.69, 9.17) is 4.74 Å². The molecule has 0 spiro atoms. The molecule has 0 saturated heterocycles. The van der Waals surface area contributed by atoms with E-state index in [1.807, 2.05) is 0 Å². The maximum atomic E-state index is 12.9. The van der Waals surface area contributed by atoms with Crippen molar-refractivity contribution < 1.29 is 23.8 Å². The third-order valence-corrected chi connectivity index (χ3v) is 4.62. The molecule has 0 aromatic heterocycles. The highest BCUT2D eigenvalue weighted by Gasteiger charge is 2.27. The van der Waals surface area contributed by atoms with Crippen molar-refractivity contribution in [2.45, 2.75) is 45.1 Å². The van der Waals surface area contributed by atoms with Gasteiger partial charge in [-0.3, -0.25) is 4.79 Å². The van der Waals surface area contributed by atoms with Crippen molar-refractivity contribution in [3.05, 3.63) is 30.1 Å². The average Bonchev–Trinajstić information content (AvgIpc) is 2.59. The molecule has 0 radical (unpaired) electrons. The fraction of sp³-hybridized carbons (Fsp3) is 0.556. The van der Waals surface area contributed by atoms with Crippen LogP contribution in [0.3, 0.4) is 0 Å². The monoisotopic (exact) mass is 337 g/mol. The quantitative estimate of drug-likeness (QED) is 0.802. The number of aliphatic carboxylic acids is 1. The fourth-order valence-corrected chi connectivity index (χ4v) is 3.03. The molecule has 1 aliphatic carbocycles. The summed E-state index contributed by atoms with van der Waals surface area (Å²) >= 11 is 0. The van der Waals surface area contributed by atoms with E-state index in [0.29, 0.717) is 5.92 Å². The standard InChI is InChI=1S/C18H24FNO4/c1-2-12-3-5-13(6-4-12)17(21)20-11-16(18(22)23)24-15-9-7-14(19)8-10-15/h7-10,12-13,16H,2-6,11H2,1H3,(H,20,21)(H,22,23). The van der Waals surface area contributed by atoms with Gasteiger partial charge in [-0.05, 0) is 55.9 Å². The summed E-state index contributed by atoms with van der Waals surface area (Å²) in [6.45, 7) is 2.05. The van der Waals surface area contributed by atoms with Crippen molar-refractivity contribution in [2.24, 2.45) is 11.8 Å². The Kier molecular flexibility index (Phi) is 6.58. The number of carboxylic acid groups (broad SMARTS) is 1. The van der Waals surface area contributed by atoms with Crippen LogP contribution in [0, 0.1) is 17.7 Å². The molecule has 1 atom stereocenters. The molecule has 6 heteroatoms. The van der Waals surface area contributed by atoms with Crippen molar-refractivity contribution in [1.29, 1.82) is 0 Å². The molecule has 132 valence electrons. The van der Waals surface area contributed by atoms with Gasteiger partial charge in [0.05, 0.1) is 6.54 Å². The van der Waals surface area contributed by atoms with Crippen LogP contribution < -0.4 is 10.1 Å². The minimum absolute atomic E-state index is 0.0481. The Balaban J connectivity index is 1.83. The molecule has 1 aromatic rings. The number of amides is 1. The Labute approximate surface area is 141 Å². The van der Waals surface area contributed by atoms with E-state index < -0.39 is 17.9 Å². The lowest BCUT2D eigenvalue weighted by Gasteiger charge is -2.27. The minimum Gasteiger partial charge on any atom is -0.478 e. The fourth-order valence-electron chi connectivity index (χ4n) is 3.03. The molecular weight excluding hydrogens is 313 g/mol. The second-order valence-electron chi connectivity index (χ2n) is 6.27. The van der Waals surface area contributed by atoms with Crippen LogP contribution in [-0.4, -0.2) is 29.6 Å². The molecule has 0 bridgehead atoms. The molecule has 24 heavy (non-hydrogen) atoms. The van der Waals surface area contributed by atoms with E-state index >= 15 is 0 Å². The summed E-state index contributed by atoms with van der Waals surface area (Å²) in [7, 11) is 0. The Morgan fingerprint density at radius 2 is 1.88 bits per heavy atom. The largest absolute Gasteiger partial charge is 0.478 e. The van der Waals surface area contributed by atoms with Crippen LogP contribution in [0.5, 0.6) is 5.75 Å². The normalized spacial score (nSPS) is 21.8. The number of nitrogens with one attached hydrogen (secondary N) is 1. The average molecular weight is 337 g/mol. The van der Waals surface area contributed by atoms with Crippen LogP contribution >= 0.6 is 0 Å². The maximum absolute atomic E-state index is 12.9. The summed E-state index contributed by atoms with van der Waals surface area (Å²) in [5.41, 5.74) is 0. The first-order valence-corrected chi connectivity index (χ1v) is 8.42. The van der Waals surface area contributed by atoms with E-state index in [-0.39, 0.29) is 24.1 Å². The summed E-state index contributed by atoms with van der Waals surface area (Å²) in [5.74, 6) is -0.810. The molecule has 0 aliphatic heterocycles. The lowest BCUT2D eigenvalue weighted by Crippen LogP contribution is -2.43. The van der Waals surface area contributed by atoms with Gasteiger partial charge in [0.1, 0.15) is 11.6 Å². The van der Waals surface area contributed by atoms with Crippen molar-refractivity contribution in [1.82, 2.24) is 5.32 Å². The molecule has 5 nitrogen and oxygen atoms in total. The van der Waals surface area contributed by atoms with Crippen molar-refractivity contribution >= 4 is 11.9 Å². The number of rotatable bonds is 7. The predicted octanol–water partition coefficient (Wildman–Crippen LogP) is 2.99. The summed E-state index contributed by atoms with van der Waals surface area (Å²) in [6.07, 6.45) is 3.72. The number of carboxylic acids is 1. The van der Waals surface area contributed by atoms with Crippen molar-refractivity contribution in [3.8, 4) is 5.75 Å². The van der Waals surface area contributed by atoms with Gasteiger partial charge in [0.15, 0.2) is 0 Å². The third kappa shape index (κ3) is 5.22. The minimum atomic E-state index is -1.20. The Morgan fingerprint density at radius 1 is 1.25 bits per heavy atom. The van der Waals surface area contributed by atoms with Crippen LogP contribution in [0.15, 0.2) is 24.3 Å². The second kappa shape index (κ2) is 8.66. The lowest BCUT2D eigenvalue weighted by atomic mass is 9.80. The Hall–Kier alpha value is -2.11. The Bertz CT molecular complexity index is 553. The molecule has 1 aromatic carbocycles. The first-order valence-electron chi connectivity index (χ1n) is 8.42. The number of carbonyl (C=O) groups is 2. The first-order chi connectivity index (χ1) is 11.5. The van der Waals surface area contributed by atoms with Gasteiger partial charge >= 0.3 is 5.97 Å². The molecule has 0 heterocycles. The highest BCUT2D eigenvalue weighted by Crippen LogP contribution is 2.30. The Morgan fingerprint density at radius 3 is 2.42 bits per heavy atom. The van der Waals surface area contributed by atoms with Crippen LogP contribution in [0.1, 0.15) is 39.0 Å². The summed E-state index contributed by atoms with van der Waals surface area (Å²) in [6, 6.07) is 5.11. The lowest BCUT2D eigenvalue weighted by molar-refractivity contribution is -0.145. The number of carbonyl (C=O) groups excluding carboxylic acids is 1. The van der Waals surface area contributed by atoms with Crippen molar-refractivity contribution in [2.75, 3.05) is 6.54 Å². The molecule has 1 unspecified atom stereocenters. The zero-order valence-electron chi connectivity index (χ0n) is 13.8. The molecule has 1 saturated carbocycles. The number of hydrogen-bond donors (Lipinski definition) is 2. The van der Waals surface area contributed by atoms with Crippen LogP contribution in [0.2, 0.25) is 0 Å². The molecule has 1 fully saturated rings. The van der Waals surface area contributed by atoms with Crippen LogP contribution in [0.4, 0.5) is 4.39 Å². The molecule has 2 rings (SSSR count). The van der Waals surface area contributed by atoms with Crippen LogP contribution in [0.25, 0.3) is 0 Å². The number of hydrogen-bond acceptors (Lipinski definition) is 3. The van der Waals surface area contributed by atoms with Gasteiger partial charge in [-0.15, -0.1) is 0 Å². The zero-order valence-corrected chi connectivity index (χ0v) is 13.8. The predicted molar refractivity (Wildman–Crippen MR) is 87.2 cm³/mol. The van der Waals surface area contributed by atoms with Gasteiger partial charge in [-0.25, -0.2) is 9.18 Å². The van der Waals surface area contributed by atoms with E-state index in [9.17, 15) is 19.1 Å². The highest BCUT2D eigenvalue weighted by molar-refractivity contribution is 5.80. The maximum Gasteiger partial charge on any atom is 0.346 e. The summed E-state index contributed by atoms with van der Waals surface area (Å²) < 4.78 is 18.2. The number of ether oxygens (including phenoxy) is 1.